The van der Waals surface area contributed by atoms with E-state index in [0.717, 1.165) is 12.1 Å². The lowest BCUT2D eigenvalue weighted by molar-refractivity contribution is -0.137. The van der Waals surface area contributed by atoms with Crippen molar-refractivity contribution in [2.75, 3.05) is 5.32 Å². The van der Waals surface area contributed by atoms with E-state index in [1.807, 2.05) is 0 Å². The molecule has 1 atom stereocenters. The molecule has 118 valence electrons. The summed E-state index contributed by atoms with van der Waals surface area (Å²) in [5, 5.41) is 2.57. The minimum Gasteiger partial charge on any atom is -0.326 e. The van der Waals surface area contributed by atoms with Crippen LogP contribution in [0.5, 0.6) is 0 Å². The molecule has 6 heteroatoms. The van der Waals surface area contributed by atoms with Crippen LogP contribution in [0.3, 0.4) is 0 Å². The highest BCUT2D eigenvalue weighted by Crippen LogP contribution is 2.34. The van der Waals surface area contributed by atoms with Gasteiger partial charge in [0.05, 0.1) is 11.5 Å². The van der Waals surface area contributed by atoms with Crippen LogP contribution in [-0.4, -0.2) is 11.7 Å². The first-order chi connectivity index (χ1) is 10.9. The molecule has 1 aliphatic rings. The molecular formula is C17H12F3NO2. The molecule has 1 unspecified atom stereocenters. The molecule has 0 saturated carbocycles. The van der Waals surface area contributed by atoms with Crippen LogP contribution in [0.4, 0.5) is 18.9 Å². The summed E-state index contributed by atoms with van der Waals surface area (Å²) < 4.78 is 37.5. The zero-order chi connectivity index (χ0) is 16.6. The minimum absolute atomic E-state index is 0.0752. The molecule has 0 spiro atoms. The Bertz CT molecular complexity index is 766. The number of carbonyl (C=O) groups excluding carboxylic acids is 2. The molecule has 1 amide bonds. The van der Waals surface area contributed by atoms with Crippen molar-refractivity contribution in [1.82, 2.24) is 0 Å². The summed E-state index contributed by atoms with van der Waals surface area (Å²) in [5.41, 5.74) is 0.665. The Labute approximate surface area is 130 Å². The molecule has 0 bridgehead atoms. The van der Waals surface area contributed by atoms with Crippen LogP contribution in [0.1, 0.15) is 33.8 Å². The maximum absolute atomic E-state index is 12.5. The molecular weight excluding hydrogens is 307 g/mol. The van der Waals surface area contributed by atoms with Gasteiger partial charge in [-0.15, -0.1) is 0 Å². The third kappa shape index (κ3) is 2.97. The zero-order valence-electron chi connectivity index (χ0n) is 11.9. The van der Waals surface area contributed by atoms with Crippen LogP contribution < -0.4 is 5.32 Å². The van der Waals surface area contributed by atoms with Gasteiger partial charge in [-0.05, 0) is 29.8 Å². The number of hydrogen-bond acceptors (Lipinski definition) is 2. The Hall–Kier alpha value is -2.63. The molecule has 0 fully saturated rings. The van der Waals surface area contributed by atoms with E-state index >= 15 is 0 Å². The van der Waals surface area contributed by atoms with Gasteiger partial charge in [0.1, 0.15) is 0 Å². The number of nitrogens with one attached hydrogen (secondary N) is 1. The summed E-state index contributed by atoms with van der Waals surface area (Å²) in [6, 6.07) is 11.1. The number of fused-ring (bicyclic) bond motifs is 1. The first-order valence-electron chi connectivity index (χ1n) is 6.96. The van der Waals surface area contributed by atoms with Gasteiger partial charge in [-0.1, -0.05) is 24.3 Å². The Morgan fingerprint density at radius 1 is 1.04 bits per heavy atom. The van der Waals surface area contributed by atoms with E-state index in [4.69, 9.17) is 0 Å². The molecule has 0 radical (unpaired) electrons. The fourth-order valence-electron chi connectivity index (χ4n) is 2.67. The zero-order valence-corrected chi connectivity index (χ0v) is 11.9. The summed E-state index contributed by atoms with van der Waals surface area (Å²) in [6.45, 7) is 0. The molecule has 3 rings (SSSR count). The van der Waals surface area contributed by atoms with Gasteiger partial charge in [0.2, 0.25) is 5.91 Å². The maximum atomic E-state index is 12.5. The predicted octanol–water partition coefficient (Wildman–Crippen LogP) is 4.01. The molecule has 0 aliphatic heterocycles. The van der Waals surface area contributed by atoms with Crippen LogP contribution >= 0.6 is 0 Å². The quantitative estimate of drug-likeness (QED) is 0.909. The summed E-state index contributed by atoms with van der Waals surface area (Å²) in [7, 11) is 0. The number of ketones is 1. The van der Waals surface area contributed by atoms with E-state index in [1.54, 1.807) is 24.3 Å². The van der Waals surface area contributed by atoms with Crippen molar-refractivity contribution in [1.29, 1.82) is 0 Å². The molecule has 0 saturated heterocycles. The summed E-state index contributed by atoms with van der Waals surface area (Å²) in [5.74, 6) is -1.11. The summed E-state index contributed by atoms with van der Waals surface area (Å²) in [6.07, 6.45) is -4.34. The van der Waals surface area contributed by atoms with Gasteiger partial charge in [0, 0.05) is 17.7 Å². The van der Waals surface area contributed by atoms with Crippen molar-refractivity contribution in [2.24, 2.45) is 0 Å². The van der Waals surface area contributed by atoms with Crippen LogP contribution in [0, 0.1) is 0 Å². The van der Waals surface area contributed by atoms with Crippen molar-refractivity contribution in [3.8, 4) is 0 Å². The highest BCUT2D eigenvalue weighted by atomic mass is 19.4. The van der Waals surface area contributed by atoms with Crippen molar-refractivity contribution in [3.05, 3.63) is 65.2 Å². The molecule has 1 aliphatic carbocycles. The second-order valence-corrected chi connectivity index (χ2v) is 5.33. The molecule has 3 nitrogen and oxygen atoms in total. The number of Topliss-reactive ketones (excluding diaryl/α,β-unsaturated/α-hetero) is 1. The normalized spacial score (nSPS) is 17.0. The van der Waals surface area contributed by atoms with Crippen LogP contribution in [-0.2, 0) is 11.0 Å². The van der Waals surface area contributed by atoms with Crippen LogP contribution in [0.2, 0.25) is 0 Å². The Kier molecular flexibility index (Phi) is 3.67. The number of alkyl halides is 3. The van der Waals surface area contributed by atoms with E-state index in [0.29, 0.717) is 11.1 Å². The number of amides is 1. The van der Waals surface area contributed by atoms with Crippen LogP contribution in [0.15, 0.2) is 48.5 Å². The lowest BCUT2D eigenvalue weighted by atomic mass is 10.0. The van der Waals surface area contributed by atoms with E-state index in [1.165, 1.54) is 12.1 Å². The van der Waals surface area contributed by atoms with Gasteiger partial charge in [-0.25, -0.2) is 0 Å². The second-order valence-electron chi connectivity index (χ2n) is 5.33. The standard InChI is InChI=1S/C17H12F3NO2/c18-17(19,20)10-5-7-11(8-6-10)21-16(23)14-9-15(22)13-4-2-1-3-12(13)14/h1-8,14H,9H2,(H,21,23). The van der Waals surface area contributed by atoms with E-state index in [9.17, 15) is 22.8 Å². The second kappa shape index (κ2) is 5.53. The minimum atomic E-state index is -4.42. The van der Waals surface area contributed by atoms with Gasteiger partial charge in [0.15, 0.2) is 5.78 Å². The average molecular weight is 319 g/mol. The van der Waals surface area contributed by atoms with Gasteiger partial charge >= 0.3 is 6.18 Å². The first-order valence-corrected chi connectivity index (χ1v) is 6.96. The largest absolute Gasteiger partial charge is 0.416 e. The number of rotatable bonds is 2. The smallest absolute Gasteiger partial charge is 0.326 e. The van der Waals surface area contributed by atoms with Gasteiger partial charge < -0.3 is 5.32 Å². The van der Waals surface area contributed by atoms with Crippen molar-refractivity contribution in [3.63, 3.8) is 0 Å². The number of benzene rings is 2. The fourth-order valence-corrected chi connectivity index (χ4v) is 2.67. The van der Waals surface area contributed by atoms with Crippen LogP contribution in [0.25, 0.3) is 0 Å². The Morgan fingerprint density at radius 2 is 1.70 bits per heavy atom. The summed E-state index contributed by atoms with van der Waals surface area (Å²) >= 11 is 0. The SMILES string of the molecule is O=C1CC(C(=O)Nc2ccc(C(F)(F)F)cc2)c2ccccc21. The number of carbonyl (C=O) groups is 2. The van der Waals surface area contributed by atoms with E-state index < -0.39 is 23.6 Å². The van der Waals surface area contributed by atoms with Crippen molar-refractivity contribution in [2.45, 2.75) is 18.5 Å². The predicted molar refractivity (Wildman–Crippen MR) is 78.2 cm³/mol. The molecule has 1 N–H and O–H groups in total. The number of hydrogen-bond donors (Lipinski definition) is 1. The van der Waals surface area contributed by atoms with Crippen molar-refractivity contribution < 1.29 is 22.8 Å². The third-order valence-electron chi connectivity index (χ3n) is 3.82. The monoisotopic (exact) mass is 319 g/mol. The number of anilines is 1. The van der Waals surface area contributed by atoms with E-state index in [2.05, 4.69) is 5.32 Å². The average Bonchev–Trinajstić information content (AvgIpc) is 2.85. The van der Waals surface area contributed by atoms with E-state index in [-0.39, 0.29) is 17.9 Å². The Morgan fingerprint density at radius 3 is 2.35 bits per heavy atom. The summed E-state index contributed by atoms with van der Waals surface area (Å²) in [4.78, 5) is 24.2. The molecule has 2 aromatic carbocycles. The fraction of sp³-hybridized carbons (Fsp3) is 0.176. The Balaban J connectivity index is 1.77. The first kappa shape index (κ1) is 15.3. The van der Waals surface area contributed by atoms with Gasteiger partial charge in [-0.2, -0.15) is 13.2 Å². The molecule has 2 aromatic rings. The third-order valence-corrected chi connectivity index (χ3v) is 3.82. The molecule has 23 heavy (non-hydrogen) atoms. The molecule has 0 heterocycles. The van der Waals surface area contributed by atoms with Crippen molar-refractivity contribution >= 4 is 17.4 Å². The lowest BCUT2D eigenvalue weighted by Gasteiger charge is -2.12. The highest BCUT2D eigenvalue weighted by molar-refractivity contribution is 6.09. The van der Waals surface area contributed by atoms with Gasteiger partial charge in [-0.3, -0.25) is 9.59 Å². The topological polar surface area (TPSA) is 46.2 Å². The highest BCUT2D eigenvalue weighted by Gasteiger charge is 2.34. The van der Waals surface area contributed by atoms with Gasteiger partial charge in [0.25, 0.3) is 0 Å². The molecule has 0 aromatic heterocycles. The maximum Gasteiger partial charge on any atom is 0.416 e. The lowest BCUT2D eigenvalue weighted by Crippen LogP contribution is -2.19. The number of halogens is 3.